The highest BCUT2D eigenvalue weighted by Gasteiger charge is 2.13. The van der Waals surface area contributed by atoms with E-state index < -0.39 is 0 Å². The SMILES string of the molecule is CCCCCC/C=C\C(C)OC(=O)C/C=C/C/C=C/CC(CCCCCCCC(=O)OC(C)/C=C\CCCCCC)OC(=O)CCCNC. The Hall–Kier alpha value is -2.67. The van der Waals surface area contributed by atoms with E-state index in [1.165, 1.54) is 51.4 Å². The molecular formula is C42H73NO6. The second kappa shape index (κ2) is 35.2. The van der Waals surface area contributed by atoms with Crippen molar-refractivity contribution in [2.75, 3.05) is 13.6 Å². The summed E-state index contributed by atoms with van der Waals surface area (Å²) in [7, 11) is 1.88. The number of ether oxygens (including phenoxy) is 3. The summed E-state index contributed by atoms with van der Waals surface area (Å²) >= 11 is 0. The number of allylic oxidation sites excluding steroid dienone is 4. The van der Waals surface area contributed by atoms with Gasteiger partial charge in [-0.3, -0.25) is 14.4 Å². The van der Waals surface area contributed by atoms with Crippen LogP contribution in [-0.2, 0) is 28.6 Å². The first-order valence-electron chi connectivity index (χ1n) is 19.7. The molecule has 0 bridgehead atoms. The van der Waals surface area contributed by atoms with Gasteiger partial charge in [0.2, 0.25) is 0 Å². The summed E-state index contributed by atoms with van der Waals surface area (Å²) in [5, 5.41) is 3.07. The lowest BCUT2D eigenvalue weighted by Gasteiger charge is -2.16. The molecular weight excluding hydrogens is 614 g/mol. The fourth-order valence-corrected chi connectivity index (χ4v) is 5.30. The van der Waals surface area contributed by atoms with Crippen molar-refractivity contribution < 1.29 is 28.6 Å². The van der Waals surface area contributed by atoms with Crippen LogP contribution in [-0.4, -0.2) is 49.8 Å². The molecule has 0 heterocycles. The molecule has 0 aromatic heterocycles. The molecule has 0 aliphatic carbocycles. The fourth-order valence-electron chi connectivity index (χ4n) is 5.30. The Kier molecular flexibility index (Phi) is 33.3. The van der Waals surface area contributed by atoms with Gasteiger partial charge in [0, 0.05) is 19.3 Å². The Bertz CT molecular complexity index is 924. The predicted molar refractivity (Wildman–Crippen MR) is 204 cm³/mol. The van der Waals surface area contributed by atoms with Crippen LogP contribution in [0.15, 0.2) is 48.6 Å². The third-order valence-electron chi connectivity index (χ3n) is 8.20. The molecule has 3 unspecified atom stereocenters. The molecule has 0 radical (unpaired) electrons. The van der Waals surface area contributed by atoms with Crippen molar-refractivity contribution in [2.45, 2.75) is 187 Å². The van der Waals surface area contributed by atoms with Crippen LogP contribution in [0.4, 0.5) is 0 Å². The topological polar surface area (TPSA) is 90.9 Å². The summed E-state index contributed by atoms with van der Waals surface area (Å²) in [6.07, 6.45) is 36.5. The number of carbonyl (C=O) groups excluding carboxylic acids is 3. The van der Waals surface area contributed by atoms with E-state index in [0.717, 1.165) is 64.3 Å². The lowest BCUT2D eigenvalue weighted by molar-refractivity contribution is -0.149. The van der Waals surface area contributed by atoms with Crippen LogP contribution in [0, 0.1) is 0 Å². The van der Waals surface area contributed by atoms with Crippen molar-refractivity contribution in [2.24, 2.45) is 0 Å². The van der Waals surface area contributed by atoms with Crippen molar-refractivity contribution in [1.29, 1.82) is 0 Å². The van der Waals surface area contributed by atoms with Crippen molar-refractivity contribution in [3.63, 3.8) is 0 Å². The van der Waals surface area contributed by atoms with E-state index in [1.54, 1.807) is 0 Å². The lowest BCUT2D eigenvalue weighted by Crippen LogP contribution is -2.19. The molecule has 0 saturated carbocycles. The second-order valence-corrected chi connectivity index (χ2v) is 13.2. The average molecular weight is 688 g/mol. The highest BCUT2D eigenvalue weighted by Crippen LogP contribution is 2.15. The molecule has 0 aliphatic rings. The largest absolute Gasteiger partial charge is 0.462 e. The monoisotopic (exact) mass is 688 g/mol. The van der Waals surface area contributed by atoms with Gasteiger partial charge in [0.05, 0.1) is 6.42 Å². The van der Waals surface area contributed by atoms with E-state index in [9.17, 15) is 14.4 Å². The first-order chi connectivity index (χ1) is 23.8. The summed E-state index contributed by atoms with van der Waals surface area (Å²) in [6, 6.07) is 0. The Labute approximate surface area is 300 Å². The van der Waals surface area contributed by atoms with Crippen molar-refractivity contribution in [3.05, 3.63) is 48.6 Å². The van der Waals surface area contributed by atoms with Crippen LogP contribution >= 0.6 is 0 Å². The molecule has 0 saturated heterocycles. The Morgan fingerprint density at radius 3 is 1.73 bits per heavy atom. The first-order valence-corrected chi connectivity index (χ1v) is 19.7. The quantitative estimate of drug-likeness (QED) is 0.0318. The standard InChI is InChI=1S/C42H73NO6/c1-6-8-10-12-16-22-29-37(3)47-40(44)33-26-20-14-18-24-31-39(49-42(46)35-28-36-43-5)32-25-19-15-21-27-34-41(45)48-38(4)30-23-17-13-11-9-7-2/h18,20,22-24,26,29-30,37-39,43H,6-17,19,21,25,27-28,31-36H2,1-5H3/b24-18+,26-20+,29-22-,30-23-. The van der Waals surface area contributed by atoms with Crippen LogP contribution in [0.25, 0.3) is 0 Å². The molecule has 7 heteroatoms. The minimum atomic E-state index is -0.223. The van der Waals surface area contributed by atoms with Gasteiger partial charge in [0.15, 0.2) is 0 Å². The molecule has 7 nitrogen and oxygen atoms in total. The van der Waals surface area contributed by atoms with Gasteiger partial charge in [-0.05, 0) is 97.4 Å². The number of carbonyl (C=O) groups is 3. The molecule has 1 N–H and O–H groups in total. The number of unbranched alkanes of at least 4 members (excludes halogenated alkanes) is 12. The zero-order valence-corrected chi connectivity index (χ0v) is 32.1. The molecule has 0 aromatic carbocycles. The highest BCUT2D eigenvalue weighted by molar-refractivity contribution is 5.71. The number of nitrogens with one attached hydrogen (secondary N) is 1. The van der Waals surface area contributed by atoms with E-state index in [2.05, 4.69) is 43.5 Å². The maximum Gasteiger partial charge on any atom is 0.310 e. The summed E-state index contributed by atoms with van der Waals surface area (Å²) < 4.78 is 16.8. The number of hydrogen-bond acceptors (Lipinski definition) is 7. The van der Waals surface area contributed by atoms with Crippen molar-refractivity contribution in [1.82, 2.24) is 5.32 Å². The molecule has 0 spiro atoms. The average Bonchev–Trinajstić information content (AvgIpc) is 3.06. The van der Waals surface area contributed by atoms with Crippen LogP contribution in [0.3, 0.4) is 0 Å². The normalized spacial score (nSPS) is 13.8. The predicted octanol–water partition coefficient (Wildman–Crippen LogP) is 10.8. The molecule has 0 rings (SSSR count). The zero-order valence-electron chi connectivity index (χ0n) is 32.1. The third kappa shape index (κ3) is 33.6. The third-order valence-corrected chi connectivity index (χ3v) is 8.20. The fraction of sp³-hybridized carbons (Fsp3) is 0.738. The van der Waals surface area contributed by atoms with Gasteiger partial charge >= 0.3 is 17.9 Å². The van der Waals surface area contributed by atoms with Crippen LogP contribution in [0.2, 0.25) is 0 Å². The molecule has 0 fully saturated rings. The van der Waals surface area contributed by atoms with Crippen molar-refractivity contribution >= 4 is 17.9 Å². The molecule has 3 atom stereocenters. The van der Waals surface area contributed by atoms with Gasteiger partial charge in [0.1, 0.15) is 18.3 Å². The van der Waals surface area contributed by atoms with E-state index in [4.69, 9.17) is 14.2 Å². The Morgan fingerprint density at radius 2 is 1.10 bits per heavy atom. The van der Waals surface area contributed by atoms with Gasteiger partial charge in [-0.2, -0.15) is 0 Å². The van der Waals surface area contributed by atoms with Crippen LogP contribution < -0.4 is 5.32 Å². The summed E-state index contributed by atoms with van der Waals surface area (Å²) in [4.78, 5) is 36.7. The van der Waals surface area contributed by atoms with Gasteiger partial charge in [-0.25, -0.2) is 0 Å². The van der Waals surface area contributed by atoms with E-state index in [-0.39, 0.29) is 42.6 Å². The Balaban J connectivity index is 4.35. The maximum atomic E-state index is 12.4. The van der Waals surface area contributed by atoms with Gasteiger partial charge in [0.25, 0.3) is 0 Å². The van der Waals surface area contributed by atoms with Gasteiger partial charge in [-0.15, -0.1) is 0 Å². The molecule has 49 heavy (non-hydrogen) atoms. The summed E-state index contributed by atoms with van der Waals surface area (Å²) in [6.45, 7) is 9.03. The second-order valence-electron chi connectivity index (χ2n) is 13.2. The van der Waals surface area contributed by atoms with Crippen LogP contribution in [0.5, 0.6) is 0 Å². The van der Waals surface area contributed by atoms with E-state index in [0.29, 0.717) is 25.7 Å². The maximum absolute atomic E-state index is 12.4. The van der Waals surface area contributed by atoms with Crippen molar-refractivity contribution in [3.8, 4) is 0 Å². The minimum Gasteiger partial charge on any atom is -0.462 e. The number of rotatable bonds is 33. The van der Waals surface area contributed by atoms with Gasteiger partial charge < -0.3 is 19.5 Å². The lowest BCUT2D eigenvalue weighted by atomic mass is 10.0. The minimum absolute atomic E-state index is 0.124. The molecule has 0 amide bonds. The van der Waals surface area contributed by atoms with E-state index >= 15 is 0 Å². The molecule has 0 aromatic rings. The highest BCUT2D eigenvalue weighted by atomic mass is 16.5. The number of hydrogen-bond donors (Lipinski definition) is 1. The first kappa shape index (κ1) is 46.3. The molecule has 0 aliphatic heterocycles. The Morgan fingerprint density at radius 1 is 0.571 bits per heavy atom. The summed E-state index contributed by atoms with van der Waals surface area (Å²) in [5.74, 6) is -0.494. The molecule has 282 valence electrons. The summed E-state index contributed by atoms with van der Waals surface area (Å²) in [5.41, 5.74) is 0. The van der Waals surface area contributed by atoms with E-state index in [1.807, 2.05) is 45.2 Å². The van der Waals surface area contributed by atoms with Crippen LogP contribution in [0.1, 0.15) is 169 Å². The smallest absolute Gasteiger partial charge is 0.310 e. The van der Waals surface area contributed by atoms with Gasteiger partial charge in [-0.1, -0.05) is 108 Å². The number of esters is 3. The zero-order chi connectivity index (χ0) is 36.2.